The Morgan fingerprint density at radius 1 is 1.30 bits per heavy atom. The van der Waals surface area contributed by atoms with Crippen LogP contribution in [0.3, 0.4) is 0 Å². The number of benzene rings is 1. The average molecular weight is 337 g/mol. The number of ether oxygens (including phenoxy) is 1. The quantitative estimate of drug-likeness (QED) is 0.839. The van der Waals surface area contributed by atoms with E-state index in [-0.39, 0.29) is 35.6 Å². The Hall–Kier alpha value is -2.55. The van der Waals surface area contributed by atoms with Crippen molar-refractivity contribution in [3.05, 3.63) is 29.8 Å². The summed E-state index contributed by atoms with van der Waals surface area (Å²) in [5, 5.41) is 4.75. The molecule has 0 spiro atoms. The topological polar surface area (TPSA) is 105 Å². The van der Waals surface area contributed by atoms with Gasteiger partial charge in [0.1, 0.15) is 0 Å². The molecule has 0 saturated carbocycles. The van der Waals surface area contributed by atoms with Crippen molar-refractivity contribution >= 4 is 40.6 Å². The first kappa shape index (κ1) is 16.8. The van der Waals surface area contributed by atoms with Crippen molar-refractivity contribution in [3.8, 4) is 0 Å². The number of imide groups is 1. The number of nitrogens with one attached hydrogen (secondary N) is 2. The number of rotatable bonds is 5. The minimum absolute atomic E-state index is 0.114. The van der Waals surface area contributed by atoms with E-state index in [2.05, 4.69) is 15.4 Å². The lowest BCUT2D eigenvalue weighted by Gasteiger charge is -2.14. The molecule has 2 rings (SSSR count). The molecule has 1 aromatic carbocycles. The van der Waals surface area contributed by atoms with Gasteiger partial charge in [-0.15, -0.1) is 0 Å². The summed E-state index contributed by atoms with van der Waals surface area (Å²) in [5.41, 5.74) is 0.562. The highest BCUT2D eigenvalue weighted by molar-refractivity contribution is 8.14. The highest BCUT2D eigenvalue weighted by atomic mass is 32.2. The molecule has 1 saturated heterocycles. The van der Waals surface area contributed by atoms with Gasteiger partial charge in [0.15, 0.2) is 0 Å². The summed E-state index contributed by atoms with van der Waals surface area (Å²) in [5.74, 6) is -0.552. The van der Waals surface area contributed by atoms with E-state index in [1.54, 1.807) is 24.3 Å². The van der Waals surface area contributed by atoms with Gasteiger partial charge in [0.25, 0.3) is 11.1 Å². The Bertz CT molecular complexity index is 633. The Labute approximate surface area is 136 Å². The zero-order valence-corrected chi connectivity index (χ0v) is 13.1. The lowest BCUT2D eigenvalue weighted by Crippen LogP contribution is -2.37. The molecule has 0 aliphatic carbocycles. The number of carbonyl (C=O) groups excluding carboxylic acids is 4. The first-order valence-electron chi connectivity index (χ1n) is 6.72. The Morgan fingerprint density at radius 2 is 2.04 bits per heavy atom. The number of hydrogen-bond donors (Lipinski definition) is 2. The largest absolute Gasteiger partial charge is 0.453 e. The summed E-state index contributed by atoms with van der Waals surface area (Å²) in [7, 11) is 1.22. The fourth-order valence-electron chi connectivity index (χ4n) is 1.92. The number of hydrogen-bond acceptors (Lipinski definition) is 6. The first-order chi connectivity index (χ1) is 11.0. The molecule has 23 heavy (non-hydrogen) atoms. The average Bonchev–Trinajstić information content (AvgIpc) is 2.87. The molecule has 0 unspecified atom stereocenters. The van der Waals surface area contributed by atoms with Crippen molar-refractivity contribution in [2.75, 3.05) is 31.3 Å². The van der Waals surface area contributed by atoms with Gasteiger partial charge in [0, 0.05) is 13.1 Å². The zero-order valence-electron chi connectivity index (χ0n) is 12.3. The van der Waals surface area contributed by atoms with Crippen molar-refractivity contribution in [2.45, 2.75) is 0 Å². The van der Waals surface area contributed by atoms with E-state index in [9.17, 15) is 19.2 Å². The van der Waals surface area contributed by atoms with E-state index >= 15 is 0 Å². The molecular formula is C14H15N3O5S. The van der Waals surface area contributed by atoms with Crippen LogP contribution >= 0.6 is 11.8 Å². The maximum atomic E-state index is 12.2. The number of methoxy groups -OCH3 is 1. The number of nitrogens with zero attached hydrogens (tertiary/aromatic N) is 1. The Kier molecular flexibility index (Phi) is 5.58. The van der Waals surface area contributed by atoms with Gasteiger partial charge >= 0.3 is 6.09 Å². The Morgan fingerprint density at radius 3 is 2.70 bits per heavy atom. The molecule has 1 aliphatic rings. The number of anilines is 1. The molecule has 0 radical (unpaired) electrons. The molecule has 9 heteroatoms. The van der Waals surface area contributed by atoms with Gasteiger partial charge in [-0.1, -0.05) is 23.9 Å². The van der Waals surface area contributed by atoms with Crippen LogP contribution in [0.5, 0.6) is 0 Å². The van der Waals surface area contributed by atoms with Crippen LogP contribution in [0.4, 0.5) is 15.3 Å². The number of amides is 4. The molecule has 1 heterocycles. The number of carbonyl (C=O) groups is 4. The summed E-state index contributed by atoms with van der Waals surface area (Å²) in [4.78, 5) is 47.4. The van der Waals surface area contributed by atoms with Gasteiger partial charge in [-0.05, 0) is 12.1 Å². The fraction of sp³-hybridized carbons (Fsp3) is 0.286. The van der Waals surface area contributed by atoms with Gasteiger partial charge in [-0.3, -0.25) is 24.6 Å². The molecule has 1 aliphatic heterocycles. The van der Waals surface area contributed by atoms with Gasteiger partial charge in [-0.25, -0.2) is 4.79 Å². The van der Waals surface area contributed by atoms with E-state index in [4.69, 9.17) is 0 Å². The number of thioether (sulfide) groups is 1. The summed E-state index contributed by atoms with van der Waals surface area (Å²) in [6, 6.07) is 6.43. The molecule has 1 aromatic rings. The van der Waals surface area contributed by atoms with Crippen molar-refractivity contribution in [3.63, 3.8) is 0 Å². The van der Waals surface area contributed by atoms with Crippen LogP contribution in [0.1, 0.15) is 10.4 Å². The van der Waals surface area contributed by atoms with Crippen LogP contribution < -0.4 is 10.6 Å². The van der Waals surface area contributed by atoms with Gasteiger partial charge in [-0.2, -0.15) is 0 Å². The molecule has 8 nitrogen and oxygen atoms in total. The van der Waals surface area contributed by atoms with Gasteiger partial charge in [0.05, 0.1) is 24.1 Å². The fourth-order valence-corrected chi connectivity index (χ4v) is 2.68. The third-order valence-corrected chi connectivity index (χ3v) is 3.91. The normalized spacial score (nSPS) is 13.9. The lowest BCUT2D eigenvalue weighted by molar-refractivity contribution is -0.124. The third kappa shape index (κ3) is 4.22. The predicted molar refractivity (Wildman–Crippen MR) is 84.4 cm³/mol. The van der Waals surface area contributed by atoms with Crippen molar-refractivity contribution in [1.82, 2.24) is 10.2 Å². The minimum Gasteiger partial charge on any atom is -0.453 e. The van der Waals surface area contributed by atoms with E-state index in [0.717, 1.165) is 16.7 Å². The molecule has 1 fully saturated rings. The molecule has 0 atom stereocenters. The van der Waals surface area contributed by atoms with Crippen LogP contribution in [0.25, 0.3) is 0 Å². The van der Waals surface area contributed by atoms with Crippen LogP contribution in [0.2, 0.25) is 0 Å². The highest BCUT2D eigenvalue weighted by Gasteiger charge is 2.29. The van der Waals surface area contributed by atoms with Crippen molar-refractivity contribution in [2.24, 2.45) is 0 Å². The van der Waals surface area contributed by atoms with Crippen LogP contribution in [-0.2, 0) is 9.53 Å². The van der Waals surface area contributed by atoms with Crippen molar-refractivity contribution in [1.29, 1.82) is 0 Å². The highest BCUT2D eigenvalue weighted by Crippen LogP contribution is 2.18. The van der Waals surface area contributed by atoms with Gasteiger partial charge in [0.2, 0.25) is 5.91 Å². The van der Waals surface area contributed by atoms with E-state index < -0.39 is 12.0 Å². The minimum atomic E-state index is -0.685. The standard InChI is InChI=1S/C14H15N3O5S/c1-22-13(20)16-10-5-3-2-4-9(10)12(19)15-6-7-17-11(18)8-23-14(17)21/h2-5H,6-8H2,1H3,(H,15,19)(H,16,20). The molecule has 0 bridgehead atoms. The molecule has 2 N–H and O–H groups in total. The van der Waals surface area contributed by atoms with Crippen LogP contribution in [0, 0.1) is 0 Å². The molecule has 0 aromatic heterocycles. The SMILES string of the molecule is COC(=O)Nc1ccccc1C(=O)NCCN1C(=O)CSC1=O. The second-order valence-electron chi connectivity index (χ2n) is 4.52. The van der Waals surface area contributed by atoms with Crippen LogP contribution in [0.15, 0.2) is 24.3 Å². The van der Waals surface area contributed by atoms with E-state index in [1.165, 1.54) is 7.11 Å². The maximum absolute atomic E-state index is 12.2. The Balaban J connectivity index is 1.94. The van der Waals surface area contributed by atoms with E-state index in [1.807, 2.05) is 0 Å². The molecule has 122 valence electrons. The molecule has 4 amide bonds. The second-order valence-corrected chi connectivity index (χ2v) is 5.44. The summed E-state index contributed by atoms with van der Waals surface area (Å²) in [6.07, 6.45) is -0.685. The van der Waals surface area contributed by atoms with Crippen molar-refractivity contribution < 1.29 is 23.9 Å². The first-order valence-corrected chi connectivity index (χ1v) is 7.71. The third-order valence-electron chi connectivity index (χ3n) is 3.06. The second kappa shape index (κ2) is 7.63. The number of para-hydroxylation sites is 1. The summed E-state index contributed by atoms with van der Waals surface area (Å²) >= 11 is 0.944. The maximum Gasteiger partial charge on any atom is 0.411 e. The smallest absolute Gasteiger partial charge is 0.411 e. The monoisotopic (exact) mass is 337 g/mol. The summed E-state index contributed by atoms with van der Waals surface area (Å²) < 4.78 is 4.50. The molecular weight excluding hydrogens is 322 g/mol. The van der Waals surface area contributed by atoms with Crippen LogP contribution in [-0.4, -0.2) is 54.0 Å². The summed E-state index contributed by atoms with van der Waals surface area (Å²) in [6.45, 7) is 0.242. The predicted octanol–water partition coefficient (Wildman–Crippen LogP) is 1.29. The lowest BCUT2D eigenvalue weighted by atomic mass is 10.1. The van der Waals surface area contributed by atoms with E-state index in [0.29, 0.717) is 5.69 Å². The van der Waals surface area contributed by atoms with Gasteiger partial charge < -0.3 is 10.1 Å². The zero-order chi connectivity index (χ0) is 16.8.